The van der Waals surface area contributed by atoms with Crippen molar-refractivity contribution in [1.29, 1.82) is 0 Å². The molecule has 6 heteroatoms. The van der Waals surface area contributed by atoms with E-state index in [1.54, 1.807) is 4.90 Å². The van der Waals surface area contributed by atoms with Crippen molar-refractivity contribution in [2.45, 2.75) is 79.1 Å². The van der Waals surface area contributed by atoms with E-state index < -0.39 is 17.8 Å². The monoisotopic (exact) mass is 418 g/mol. The van der Waals surface area contributed by atoms with E-state index in [0.717, 1.165) is 49.7 Å². The summed E-state index contributed by atoms with van der Waals surface area (Å²) >= 11 is 0. The van der Waals surface area contributed by atoms with E-state index in [4.69, 9.17) is 5.11 Å². The lowest BCUT2D eigenvalue weighted by Crippen LogP contribution is -2.42. The highest BCUT2D eigenvalue weighted by atomic mass is 16.4. The maximum Gasteiger partial charge on any atom is 0.303 e. The van der Waals surface area contributed by atoms with Crippen LogP contribution in [-0.2, 0) is 14.4 Å². The molecule has 1 aromatic carbocycles. The first kappa shape index (κ1) is 25.7. The Bertz CT molecular complexity index is 672. The SMILES string of the molecule is CCCCCN(CCCCC)C(=O)C(CCC(=O)O)C(=O)Nc1cc(C)cc(C)c1. The van der Waals surface area contributed by atoms with Gasteiger partial charge in [-0.25, -0.2) is 0 Å². The third-order valence-electron chi connectivity index (χ3n) is 5.13. The summed E-state index contributed by atoms with van der Waals surface area (Å²) in [4.78, 5) is 39.2. The van der Waals surface area contributed by atoms with Crippen LogP contribution in [0.3, 0.4) is 0 Å². The number of nitrogens with one attached hydrogen (secondary N) is 1. The van der Waals surface area contributed by atoms with E-state index in [0.29, 0.717) is 18.8 Å². The van der Waals surface area contributed by atoms with Gasteiger partial charge in [0.2, 0.25) is 11.8 Å². The number of aliphatic carboxylic acids is 1. The van der Waals surface area contributed by atoms with Gasteiger partial charge in [0, 0.05) is 25.2 Å². The lowest BCUT2D eigenvalue weighted by molar-refractivity contribution is -0.142. The summed E-state index contributed by atoms with van der Waals surface area (Å²) in [5.41, 5.74) is 2.66. The van der Waals surface area contributed by atoms with E-state index in [2.05, 4.69) is 19.2 Å². The maximum atomic E-state index is 13.3. The second kappa shape index (κ2) is 13.8. The fraction of sp³-hybridized carbons (Fsp3) is 0.625. The molecule has 168 valence electrons. The molecule has 0 radical (unpaired) electrons. The van der Waals surface area contributed by atoms with Crippen LogP contribution in [0.15, 0.2) is 18.2 Å². The Balaban J connectivity index is 3.00. The topological polar surface area (TPSA) is 86.7 Å². The molecule has 0 heterocycles. The maximum absolute atomic E-state index is 13.3. The number of amides is 2. The number of benzene rings is 1. The van der Waals surface area contributed by atoms with E-state index in [9.17, 15) is 14.4 Å². The summed E-state index contributed by atoms with van der Waals surface area (Å²) in [6.45, 7) is 9.32. The predicted octanol–water partition coefficient (Wildman–Crippen LogP) is 4.93. The number of carboxylic acid groups (broad SMARTS) is 1. The number of carboxylic acids is 1. The smallest absolute Gasteiger partial charge is 0.303 e. The summed E-state index contributed by atoms with van der Waals surface area (Å²) in [6.07, 6.45) is 5.70. The Labute approximate surface area is 181 Å². The highest BCUT2D eigenvalue weighted by molar-refractivity contribution is 6.06. The van der Waals surface area contributed by atoms with Crippen LogP contribution in [0.1, 0.15) is 76.3 Å². The van der Waals surface area contributed by atoms with Crippen molar-refractivity contribution in [2.24, 2.45) is 5.92 Å². The number of nitrogens with zero attached hydrogens (tertiary/aromatic N) is 1. The van der Waals surface area contributed by atoms with Gasteiger partial charge >= 0.3 is 5.97 Å². The van der Waals surface area contributed by atoms with E-state index in [1.807, 2.05) is 32.0 Å². The van der Waals surface area contributed by atoms with Crippen LogP contribution >= 0.6 is 0 Å². The molecule has 0 fully saturated rings. The number of hydrogen-bond acceptors (Lipinski definition) is 3. The van der Waals surface area contributed by atoms with Gasteiger partial charge in [-0.1, -0.05) is 45.6 Å². The molecule has 6 nitrogen and oxygen atoms in total. The molecule has 0 aliphatic carbocycles. The van der Waals surface area contributed by atoms with Crippen molar-refractivity contribution in [3.8, 4) is 0 Å². The molecule has 1 aromatic rings. The first-order valence-corrected chi connectivity index (χ1v) is 11.2. The fourth-order valence-electron chi connectivity index (χ4n) is 3.57. The Morgan fingerprint density at radius 2 is 1.47 bits per heavy atom. The third-order valence-corrected chi connectivity index (χ3v) is 5.13. The molecule has 0 saturated heterocycles. The summed E-state index contributed by atoms with van der Waals surface area (Å²) in [5, 5.41) is 12.0. The number of unbranched alkanes of at least 4 members (excludes halogenated alkanes) is 4. The van der Waals surface area contributed by atoms with Crippen molar-refractivity contribution in [2.75, 3.05) is 18.4 Å². The molecule has 0 aromatic heterocycles. The van der Waals surface area contributed by atoms with Gasteiger partial charge in [-0.3, -0.25) is 14.4 Å². The van der Waals surface area contributed by atoms with Crippen LogP contribution < -0.4 is 5.32 Å². The second-order valence-corrected chi connectivity index (χ2v) is 8.09. The molecule has 1 rings (SSSR count). The molecule has 0 aliphatic heterocycles. The van der Waals surface area contributed by atoms with Gasteiger partial charge in [-0.15, -0.1) is 0 Å². The van der Waals surface area contributed by atoms with Gasteiger partial charge < -0.3 is 15.3 Å². The first-order chi connectivity index (χ1) is 14.3. The van der Waals surface area contributed by atoms with Gasteiger partial charge in [0.05, 0.1) is 0 Å². The lowest BCUT2D eigenvalue weighted by Gasteiger charge is -2.27. The van der Waals surface area contributed by atoms with Crippen LogP contribution in [0.4, 0.5) is 5.69 Å². The van der Waals surface area contributed by atoms with E-state index >= 15 is 0 Å². The largest absolute Gasteiger partial charge is 0.481 e. The van der Waals surface area contributed by atoms with Gasteiger partial charge in [0.15, 0.2) is 0 Å². The molecule has 2 N–H and O–H groups in total. The van der Waals surface area contributed by atoms with Crippen molar-refractivity contribution in [3.05, 3.63) is 29.3 Å². The molecule has 0 saturated carbocycles. The standard InChI is InChI=1S/C24H38N2O4/c1-5-7-9-13-26(14-10-8-6-2)24(30)21(11-12-22(27)28)23(29)25-20-16-18(3)15-19(4)17-20/h15-17,21H,5-14H2,1-4H3,(H,25,29)(H,27,28). The minimum absolute atomic E-state index is 0.00283. The quantitative estimate of drug-likeness (QED) is 0.331. The number of rotatable bonds is 14. The van der Waals surface area contributed by atoms with Crippen LogP contribution in [0.2, 0.25) is 0 Å². The number of aryl methyl sites for hydroxylation is 2. The zero-order valence-electron chi connectivity index (χ0n) is 19.0. The summed E-state index contributed by atoms with van der Waals surface area (Å²) in [5.74, 6) is -2.69. The fourth-order valence-corrected chi connectivity index (χ4v) is 3.57. The Hall–Kier alpha value is -2.37. The van der Waals surface area contributed by atoms with Gasteiger partial charge in [0.25, 0.3) is 0 Å². The average Bonchev–Trinajstić information content (AvgIpc) is 2.66. The lowest BCUT2D eigenvalue weighted by atomic mass is 9.99. The number of anilines is 1. The van der Waals surface area contributed by atoms with Crippen LogP contribution in [0.5, 0.6) is 0 Å². The van der Waals surface area contributed by atoms with Crippen LogP contribution in [0.25, 0.3) is 0 Å². The Morgan fingerprint density at radius 1 is 0.933 bits per heavy atom. The molecule has 1 atom stereocenters. The molecular weight excluding hydrogens is 380 g/mol. The summed E-state index contributed by atoms with van der Waals surface area (Å²) in [6, 6.07) is 5.71. The number of carbonyl (C=O) groups excluding carboxylic acids is 2. The second-order valence-electron chi connectivity index (χ2n) is 8.09. The van der Waals surface area contributed by atoms with Crippen molar-refractivity contribution in [1.82, 2.24) is 4.90 Å². The summed E-state index contributed by atoms with van der Waals surface area (Å²) in [7, 11) is 0. The highest BCUT2D eigenvalue weighted by Gasteiger charge is 2.31. The number of hydrogen-bond donors (Lipinski definition) is 2. The predicted molar refractivity (Wildman–Crippen MR) is 121 cm³/mol. The zero-order valence-corrected chi connectivity index (χ0v) is 19.0. The highest BCUT2D eigenvalue weighted by Crippen LogP contribution is 2.19. The molecular formula is C24H38N2O4. The first-order valence-electron chi connectivity index (χ1n) is 11.2. The van der Waals surface area contributed by atoms with Gasteiger partial charge in [0.1, 0.15) is 5.92 Å². The average molecular weight is 419 g/mol. The van der Waals surface area contributed by atoms with Crippen LogP contribution in [0, 0.1) is 19.8 Å². The Morgan fingerprint density at radius 3 is 1.93 bits per heavy atom. The van der Waals surface area contributed by atoms with Crippen molar-refractivity contribution >= 4 is 23.5 Å². The molecule has 1 unspecified atom stereocenters. The third kappa shape index (κ3) is 9.42. The zero-order chi connectivity index (χ0) is 22.5. The molecule has 0 bridgehead atoms. The van der Waals surface area contributed by atoms with Crippen molar-refractivity contribution in [3.63, 3.8) is 0 Å². The number of carbonyl (C=O) groups is 3. The minimum atomic E-state index is -1.00. The van der Waals surface area contributed by atoms with E-state index in [1.165, 1.54) is 0 Å². The Kier molecular flexibility index (Phi) is 11.8. The molecule has 2 amide bonds. The minimum Gasteiger partial charge on any atom is -0.481 e. The molecule has 0 aliphatic rings. The molecule has 0 spiro atoms. The molecule has 30 heavy (non-hydrogen) atoms. The normalized spacial score (nSPS) is 11.7. The van der Waals surface area contributed by atoms with Crippen LogP contribution in [-0.4, -0.2) is 40.9 Å². The summed E-state index contributed by atoms with van der Waals surface area (Å²) < 4.78 is 0. The van der Waals surface area contributed by atoms with Crippen molar-refractivity contribution < 1.29 is 19.5 Å². The van der Waals surface area contributed by atoms with Gasteiger partial charge in [-0.2, -0.15) is 0 Å². The van der Waals surface area contributed by atoms with Gasteiger partial charge in [-0.05, 0) is 56.4 Å². The van der Waals surface area contributed by atoms with E-state index in [-0.39, 0.29) is 18.7 Å².